The standard InChI is InChI=1S/C9H8BrN5O/c10-5-3-12-7(11)6(13-5)8-14-9(16-15-8)4-1-2-4/h3-4H,1-2H2,(H2,11,12). The van der Waals surface area contributed by atoms with Crippen molar-refractivity contribution in [1.29, 1.82) is 0 Å². The first kappa shape index (κ1) is 9.71. The number of nitrogens with two attached hydrogens (primary N) is 1. The number of anilines is 1. The number of nitrogens with zero attached hydrogens (tertiary/aromatic N) is 4. The summed E-state index contributed by atoms with van der Waals surface area (Å²) in [6.45, 7) is 0. The molecule has 0 amide bonds. The molecule has 2 aromatic rings. The topological polar surface area (TPSA) is 90.7 Å². The largest absolute Gasteiger partial charge is 0.382 e. The minimum absolute atomic E-state index is 0.298. The molecule has 0 spiro atoms. The summed E-state index contributed by atoms with van der Waals surface area (Å²) in [6, 6.07) is 0. The molecule has 1 saturated carbocycles. The van der Waals surface area contributed by atoms with Crippen molar-refractivity contribution in [3.05, 3.63) is 16.7 Å². The van der Waals surface area contributed by atoms with Crippen LogP contribution in [0.25, 0.3) is 11.5 Å². The Hall–Kier alpha value is -1.50. The molecule has 0 radical (unpaired) electrons. The molecule has 0 saturated heterocycles. The Morgan fingerprint density at radius 3 is 2.94 bits per heavy atom. The molecule has 6 nitrogen and oxygen atoms in total. The van der Waals surface area contributed by atoms with Crippen LogP contribution in [0.15, 0.2) is 15.3 Å². The third-order valence-corrected chi connectivity index (χ3v) is 2.73. The van der Waals surface area contributed by atoms with E-state index in [2.05, 4.69) is 36.0 Å². The normalized spacial score (nSPS) is 15.3. The Morgan fingerprint density at radius 1 is 1.38 bits per heavy atom. The summed E-state index contributed by atoms with van der Waals surface area (Å²) in [5.41, 5.74) is 6.16. The molecule has 0 unspecified atom stereocenters. The highest BCUT2D eigenvalue weighted by Gasteiger charge is 2.30. The summed E-state index contributed by atoms with van der Waals surface area (Å²) in [5.74, 6) is 1.78. The zero-order valence-corrected chi connectivity index (χ0v) is 9.81. The molecule has 1 aliphatic rings. The molecule has 1 fully saturated rings. The summed E-state index contributed by atoms with van der Waals surface area (Å²) >= 11 is 3.23. The Balaban J connectivity index is 2.03. The SMILES string of the molecule is Nc1ncc(Br)nc1-c1noc(C2CC2)n1. The van der Waals surface area contributed by atoms with Gasteiger partial charge in [0.15, 0.2) is 11.5 Å². The number of aromatic nitrogens is 4. The van der Waals surface area contributed by atoms with Crippen molar-refractivity contribution in [3.63, 3.8) is 0 Å². The van der Waals surface area contributed by atoms with E-state index >= 15 is 0 Å². The first-order valence-electron chi connectivity index (χ1n) is 4.86. The van der Waals surface area contributed by atoms with E-state index in [1.807, 2.05) is 0 Å². The van der Waals surface area contributed by atoms with Crippen LogP contribution in [0.2, 0.25) is 0 Å². The van der Waals surface area contributed by atoms with Crippen molar-refractivity contribution in [1.82, 2.24) is 20.1 Å². The molecule has 2 N–H and O–H groups in total. The highest BCUT2D eigenvalue weighted by atomic mass is 79.9. The number of nitrogen functional groups attached to an aromatic ring is 1. The molecule has 3 rings (SSSR count). The van der Waals surface area contributed by atoms with Gasteiger partial charge in [-0.25, -0.2) is 9.97 Å². The lowest BCUT2D eigenvalue weighted by molar-refractivity contribution is 0.380. The van der Waals surface area contributed by atoms with E-state index in [4.69, 9.17) is 10.3 Å². The quantitative estimate of drug-likeness (QED) is 0.902. The minimum atomic E-state index is 0.298. The van der Waals surface area contributed by atoms with Crippen LogP contribution in [0.3, 0.4) is 0 Å². The summed E-state index contributed by atoms with van der Waals surface area (Å²) in [6.07, 6.45) is 3.75. The van der Waals surface area contributed by atoms with Crippen LogP contribution in [-0.4, -0.2) is 20.1 Å². The lowest BCUT2D eigenvalue weighted by Gasteiger charge is -1.98. The van der Waals surface area contributed by atoms with Gasteiger partial charge in [0.05, 0.1) is 6.20 Å². The molecule has 0 aromatic carbocycles. The summed E-state index contributed by atoms with van der Waals surface area (Å²) in [7, 11) is 0. The smallest absolute Gasteiger partial charge is 0.230 e. The Labute approximate surface area is 99.4 Å². The van der Waals surface area contributed by atoms with Crippen LogP contribution in [0, 0.1) is 0 Å². The second-order valence-electron chi connectivity index (χ2n) is 3.66. The van der Waals surface area contributed by atoms with Gasteiger partial charge < -0.3 is 10.3 Å². The Morgan fingerprint density at radius 2 is 2.19 bits per heavy atom. The van der Waals surface area contributed by atoms with E-state index in [0.29, 0.717) is 33.7 Å². The van der Waals surface area contributed by atoms with E-state index in [1.165, 1.54) is 6.20 Å². The summed E-state index contributed by atoms with van der Waals surface area (Å²) < 4.78 is 5.73. The van der Waals surface area contributed by atoms with Crippen molar-refractivity contribution in [2.24, 2.45) is 0 Å². The highest BCUT2D eigenvalue weighted by Crippen LogP contribution is 2.39. The molecule has 0 aliphatic heterocycles. The van der Waals surface area contributed by atoms with Crippen molar-refractivity contribution in [2.75, 3.05) is 5.73 Å². The maximum Gasteiger partial charge on any atom is 0.230 e. The number of hydrogen-bond acceptors (Lipinski definition) is 6. The van der Waals surface area contributed by atoms with Crippen molar-refractivity contribution >= 4 is 21.7 Å². The van der Waals surface area contributed by atoms with Gasteiger partial charge in [-0.3, -0.25) is 0 Å². The van der Waals surface area contributed by atoms with Gasteiger partial charge in [0.2, 0.25) is 11.7 Å². The van der Waals surface area contributed by atoms with Gasteiger partial charge in [0.25, 0.3) is 0 Å². The van der Waals surface area contributed by atoms with Gasteiger partial charge in [-0.1, -0.05) is 5.16 Å². The van der Waals surface area contributed by atoms with Crippen molar-refractivity contribution in [2.45, 2.75) is 18.8 Å². The van der Waals surface area contributed by atoms with Gasteiger partial charge in [-0.05, 0) is 28.8 Å². The molecule has 7 heteroatoms. The monoisotopic (exact) mass is 281 g/mol. The van der Waals surface area contributed by atoms with Crippen LogP contribution >= 0.6 is 15.9 Å². The van der Waals surface area contributed by atoms with Crippen LogP contribution in [0.5, 0.6) is 0 Å². The zero-order chi connectivity index (χ0) is 11.1. The number of rotatable bonds is 2. The van der Waals surface area contributed by atoms with Gasteiger partial charge in [-0.15, -0.1) is 0 Å². The van der Waals surface area contributed by atoms with E-state index in [-0.39, 0.29) is 0 Å². The Kier molecular flexibility index (Phi) is 2.13. The molecular weight excluding hydrogens is 274 g/mol. The van der Waals surface area contributed by atoms with Crippen molar-refractivity contribution in [3.8, 4) is 11.5 Å². The summed E-state index contributed by atoms with van der Waals surface area (Å²) in [4.78, 5) is 12.4. The lowest BCUT2D eigenvalue weighted by Crippen LogP contribution is -1.98. The van der Waals surface area contributed by atoms with E-state index in [0.717, 1.165) is 12.8 Å². The highest BCUT2D eigenvalue weighted by molar-refractivity contribution is 9.10. The molecule has 2 aromatic heterocycles. The molecular formula is C9H8BrN5O. The first-order valence-corrected chi connectivity index (χ1v) is 5.65. The fourth-order valence-corrected chi connectivity index (χ4v) is 1.65. The third-order valence-electron chi connectivity index (χ3n) is 2.35. The average Bonchev–Trinajstić information content (AvgIpc) is 3.01. The van der Waals surface area contributed by atoms with Gasteiger partial charge in [0.1, 0.15) is 4.60 Å². The lowest BCUT2D eigenvalue weighted by atomic mass is 10.4. The maximum atomic E-state index is 5.71. The fraction of sp³-hybridized carbons (Fsp3) is 0.333. The third kappa shape index (κ3) is 1.67. The van der Waals surface area contributed by atoms with E-state index in [1.54, 1.807) is 0 Å². The van der Waals surface area contributed by atoms with Crippen molar-refractivity contribution < 1.29 is 4.52 Å². The van der Waals surface area contributed by atoms with Gasteiger partial charge >= 0.3 is 0 Å². The molecule has 0 atom stereocenters. The summed E-state index contributed by atoms with van der Waals surface area (Å²) in [5, 5.41) is 3.86. The van der Waals surface area contributed by atoms with Gasteiger partial charge in [-0.2, -0.15) is 4.98 Å². The van der Waals surface area contributed by atoms with Crippen LogP contribution in [0.4, 0.5) is 5.82 Å². The second-order valence-corrected chi connectivity index (χ2v) is 4.47. The fourth-order valence-electron chi connectivity index (χ4n) is 1.37. The van der Waals surface area contributed by atoms with E-state index in [9.17, 15) is 0 Å². The van der Waals surface area contributed by atoms with Crippen LogP contribution < -0.4 is 5.73 Å². The molecule has 16 heavy (non-hydrogen) atoms. The molecule has 1 aliphatic carbocycles. The predicted molar refractivity (Wildman–Crippen MR) is 59.4 cm³/mol. The maximum absolute atomic E-state index is 5.71. The number of hydrogen-bond donors (Lipinski definition) is 1. The second kappa shape index (κ2) is 3.51. The predicted octanol–water partition coefficient (Wildman–Crippen LogP) is 1.75. The van der Waals surface area contributed by atoms with Crippen LogP contribution in [0.1, 0.15) is 24.7 Å². The average molecular weight is 282 g/mol. The molecule has 0 bridgehead atoms. The van der Waals surface area contributed by atoms with E-state index < -0.39 is 0 Å². The Bertz CT molecular complexity index is 536. The van der Waals surface area contributed by atoms with Crippen LogP contribution in [-0.2, 0) is 0 Å². The number of halogens is 1. The zero-order valence-electron chi connectivity index (χ0n) is 8.22. The minimum Gasteiger partial charge on any atom is -0.382 e. The molecule has 82 valence electrons. The van der Waals surface area contributed by atoms with Gasteiger partial charge in [0, 0.05) is 5.92 Å². The first-order chi connectivity index (χ1) is 7.74. The molecule has 2 heterocycles.